The second-order valence-electron chi connectivity index (χ2n) is 6.92. The molecule has 0 amide bonds. The minimum Gasteiger partial charge on any atom is -0.481 e. The van der Waals surface area contributed by atoms with Gasteiger partial charge in [-0.2, -0.15) is 0 Å². The lowest BCUT2D eigenvalue weighted by atomic mass is 10.0. The molecule has 6 heteroatoms. The molecule has 1 aliphatic heterocycles. The zero-order chi connectivity index (χ0) is 20.8. The normalized spacial score (nSPS) is 25.5. The molecule has 1 saturated heterocycles. The Hall–Kier alpha value is -1.73. The molecule has 0 aliphatic carbocycles. The highest BCUT2D eigenvalue weighted by atomic mass is 16.5. The van der Waals surface area contributed by atoms with E-state index in [4.69, 9.17) is 9.84 Å². The first-order chi connectivity index (χ1) is 13.4. The molecule has 0 unspecified atom stereocenters. The summed E-state index contributed by atoms with van der Waals surface area (Å²) in [5.41, 5.74) is 0. The van der Waals surface area contributed by atoms with E-state index in [1.54, 1.807) is 0 Å². The van der Waals surface area contributed by atoms with Crippen LogP contribution >= 0.6 is 0 Å². The van der Waals surface area contributed by atoms with Crippen LogP contribution in [0.5, 0.6) is 0 Å². The third-order valence-electron chi connectivity index (χ3n) is 4.44. The molecule has 0 aromatic carbocycles. The van der Waals surface area contributed by atoms with Gasteiger partial charge in [-0.05, 0) is 32.1 Å². The van der Waals surface area contributed by atoms with Crippen LogP contribution in [-0.4, -0.2) is 56.9 Å². The largest absolute Gasteiger partial charge is 0.481 e. The molecule has 4 N–H and O–H groups in total. The van der Waals surface area contributed by atoms with Gasteiger partial charge in [0.2, 0.25) is 0 Å². The van der Waals surface area contributed by atoms with Crippen molar-refractivity contribution in [1.82, 2.24) is 0 Å². The summed E-state index contributed by atoms with van der Waals surface area (Å²) in [6, 6.07) is 0. The van der Waals surface area contributed by atoms with Crippen LogP contribution in [0, 0.1) is 0 Å². The predicted octanol–water partition coefficient (Wildman–Crippen LogP) is 2.90. The first-order valence-corrected chi connectivity index (χ1v) is 9.98. The quantitative estimate of drug-likeness (QED) is 0.358. The third kappa shape index (κ3) is 10.6. The third-order valence-corrected chi connectivity index (χ3v) is 4.44. The van der Waals surface area contributed by atoms with Crippen molar-refractivity contribution in [1.29, 1.82) is 0 Å². The van der Waals surface area contributed by atoms with Crippen molar-refractivity contribution >= 4 is 5.97 Å². The molecule has 158 valence electrons. The van der Waals surface area contributed by atoms with Crippen LogP contribution < -0.4 is 0 Å². The molecule has 0 bridgehead atoms. The van der Waals surface area contributed by atoms with Gasteiger partial charge in [0.15, 0.2) is 0 Å². The number of allylic oxidation sites excluding steroid dienone is 4. The van der Waals surface area contributed by atoms with Gasteiger partial charge in [0, 0.05) is 12.8 Å². The monoisotopic (exact) mass is 394 g/mol. The molecule has 0 aromatic rings. The minimum atomic E-state index is -0.870. The molecular formula is C22H34O6. The van der Waals surface area contributed by atoms with Crippen molar-refractivity contribution in [3.63, 3.8) is 0 Å². The van der Waals surface area contributed by atoms with E-state index in [2.05, 4.69) is 0 Å². The lowest BCUT2D eigenvalue weighted by Gasteiger charge is -2.16. The minimum absolute atomic E-state index is 0.129. The number of hydrogen-bond acceptors (Lipinski definition) is 5. The number of carboxylic acids is 1. The summed E-state index contributed by atoms with van der Waals surface area (Å²) in [5, 5.41) is 38.7. The Balaban J connectivity index is 2.28. The van der Waals surface area contributed by atoms with Gasteiger partial charge < -0.3 is 25.2 Å². The summed E-state index contributed by atoms with van der Waals surface area (Å²) >= 11 is 0. The fraction of sp³-hybridized carbons (Fsp3) is 0.591. The SMILES string of the molecule is CC/C=C\C[C@@H]1O[C@H]([C@@H](O)/C=C/[C@@H](O)C/C=C\C/C=C\CCC(=O)O)C[C@@H]1O. The second kappa shape index (κ2) is 14.3. The van der Waals surface area contributed by atoms with E-state index >= 15 is 0 Å². The van der Waals surface area contributed by atoms with Crippen molar-refractivity contribution in [3.8, 4) is 0 Å². The van der Waals surface area contributed by atoms with Crippen molar-refractivity contribution in [3.05, 3.63) is 48.6 Å². The molecule has 0 radical (unpaired) electrons. The van der Waals surface area contributed by atoms with E-state index in [0.717, 1.165) is 6.42 Å². The summed E-state index contributed by atoms with van der Waals surface area (Å²) in [5.74, 6) is -0.807. The standard InChI is InChI=1S/C22H34O6/c1-2-3-8-12-20-19(25)16-21(28-20)18(24)15-14-17(23)11-9-6-4-5-7-10-13-22(26)27/h3,5-9,14-15,17-21,23-25H,2,4,10-13,16H2,1H3,(H,26,27)/b7-5-,8-3-,9-6-,15-14+/t17-,18-,19-,20-,21-/m0/s1. The maximum Gasteiger partial charge on any atom is 0.303 e. The Bertz CT molecular complexity index is 551. The summed E-state index contributed by atoms with van der Waals surface area (Å²) < 4.78 is 5.73. The first-order valence-electron chi connectivity index (χ1n) is 9.98. The Kier molecular flexibility index (Phi) is 12.4. The van der Waals surface area contributed by atoms with Gasteiger partial charge in [0.25, 0.3) is 0 Å². The summed E-state index contributed by atoms with van der Waals surface area (Å²) in [4.78, 5) is 10.4. The fourth-order valence-corrected chi connectivity index (χ4v) is 2.87. The summed E-state index contributed by atoms with van der Waals surface area (Å²) in [6.45, 7) is 2.04. The average molecular weight is 395 g/mol. The van der Waals surface area contributed by atoms with E-state index in [9.17, 15) is 20.1 Å². The van der Waals surface area contributed by atoms with E-state index < -0.39 is 30.4 Å². The molecule has 1 fully saturated rings. The number of hydrogen-bond donors (Lipinski definition) is 4. The highest BCUT2D eigenvalue weighted by Gasteiger charge is 2.36. The molecule has 1 aliphatic rings. The van der Waals surface area contributed by atoms with Crippen LogP contribution in [0.1, 0.15) is 51.9 Å². The van der Waals surface area contributed by atoms with E-state index in [0.29, 0.717) is 32.1 Å². The average Bonchev–Trinajstić information content (AvgIpc) is 3.02. The van der Waals surface area contributed by atoms with Crippen LogP contribution in [-0.2, 0) is 9.53 Å². The number of rotatable bonds is 13. The maximum atomic E-state index is 10.4. The Morgan fingerprint density at radius 3 is 2.57 bits per heavy atom. The summed E-state index contributed by atoms with van der Waals surface area (Å²) in [7, 11) is 0. The van der Waals surface area contributed by atoms with Gasteiger partial charge in [-0.15, -0.1) is 0 Å². The number of ether oxygens (including phenoxy) is 1. The Labute approximate surface area is 167 Å². The number of carboxylic acid groups (broad SMARTS) is 1. The van der Waals surface area contributed by atoms with Crippen LogP contribution in [0.3, 0.4) is 0 Å². The van der Waals surface area contributed by atoms with Crippen LogP contribution in [0.4, 0.5) is 0 Å². The van der Waals surface area contributed by atoms with E-state index in [-0.39, 0.29) is 12.5 Å². The molecule has 1 heterocycles. The van der Waals surface area contributed by atoms with Gasteiger partial charge in [0.1, 0.15) is 0 Å². The zero-order valence-electron chi connectivity index (χ0n) is 16.6. The first kappa shape index (κ1) is 24.3. The zero-order valence-corrected chi connectivity index (χ0v) is 16.6. The number of aliphatic carboxylic acids is 1. The fourth-order valence-electron chi connectivity index (χ4n) is 2.87. The van der Waals surface area contributed by atoms with Crippen molar-refractivity contribution in [2.24, 2.45) is 0 Å². The maximum absolute atomic E-state index is 10.4. The Morgan fingerprint density at radius 1 is 1.11 bits per heavy atom. The molecule has 28 heavy (non-hydrogen) atoms. The van der Waals surface area contributed by atoms with E-state index in [1.165, 1.54) is 12.2 Å². The predicted molar refractivity (Wildman–Crippen MR) is 109 cm³/mol. The number of aliphatic hydroxyl groups excluding tert-OH is 3. The molecule has 0 spiro atoms. The van der Waals surface area contributed by atoms with Crippen LogP contribution in [0.25, 0.3) is 0 Å². The lowest BCUT2D eigenvalue weighted by molar-refractivity contribution is -0.136. The molecule has 1 rings (SSSR count). The highest BCUT2D eigenvalue weighted by molar-refractivity contribution is 5.66. The highest BCUT2D eigenvalue weighted by Crippen LogP contribution is 2.26. The van der Waals surface area contributed by atoms with Crippen molar-refractivity contribution in [2.75, 3.05) is 0 Å². The molecular weight excluding hydrogens is 360 g/mol. The number of carbonyl (C=O) groups is 1. The number of aliphatic hydroxyl groups is 3. The summed E-state index contributed by atoms with van der Waals surface area (Å²) in [6.07, 6.45) is 15.3. The van der Waals surface area contributed by atoms with Crippen molar-refractivity contribution < 1.29 is 30.0 Å². The Morgan fingerprint density at radius 2 is 1.86 bits per heavy atom. The van der Waals surface area contributed by atoms with Gasteiger partial charge in [-0.1, -0.05) is 55.5 Å². The molecule has 6 nitrogen and oxygen atoms in total. The lowest BCUT2D eigenvalue weighted by Crippen LogP contribution is -2.24. The molecule has 0 saturated carbocycles. The van der Waals surface area contributed by atoms with Gasteiger partial charge in [-0.3, -0.25) is 4.79 Å². The van der Waals surface area contributed by atoms with Crippen LogP contribution in [0.2, 0.25) is 0 Å². The van der Waals surface area contributed by atoms with Gasteiger partial charge >= 0.3 is 5.97 Å². The smallest absolute Gasteiger partial charge is 0.303 e. The van der Waals surface area contributed by atoms with Gasteiger partial charge in [0.05, 0.1) is 30.5 Å². The topological polar surface area (TPSA) is 107 Å². The van der Waals surface area contributed by atoms with Crippen molar-refractivity contribution in [2.45, 2.75) is 82.4 Å². The second-order valence-corrected chi connectivity index (χ2v) is 6.92. The molecule has 0 aromatic heterocycles. The molecule has 5 atom stereocenters. The van der Waals surface area contributed by atoms with E-state index in [1.807, 2.05) is 43.4 Å². The van der Waals surface area contributed by atoms with Crippen LogP contribution in [0.15, 0.2) is 48.6 Å². The van der Waals surface area contributed by atoms with Gasteiger partial charge in [-0.25, -0.2) is 0 Å².